The van der Waals surface area contributed by atoms with Gasteiger partial charge >= 0.3 is 30.8 Å². The Morgan fingerprint density at radius 2 is 0.803 bits per heavy atom. The topological polar surface area (TPSA) is 333 Å². The molecule has 0 radical (unpaired) electrons. The summed E-state index contributed by atoms with van der Waals surface area (Å²) in [5.41, 5.74) is 24.4. The molecule has 0 unspecified atom stereocenters. The molecular weight excluding hydrogens is 1560 g/mol. The number of nitrogens with two attached hydrogens (primary N) is 3. The standard InChI is InChI=1S/C21H18F3N5.C20H17F3N6.C13H18ClNO2.C12H11N5.C10H18O5.C8H10ClN/c1-3-14-10-15(8-9-16(14)21(22,23)24)27-19-11-25-12-20(28-19)29-13(2)26-17-6-4-5-7-18(17)29;1-12-26-16-4-2-3-5-17(16)29(12)19-11-25-10-18(28-19)27-14-6-7-15(20(21,22)23)13(8-14)9-24;1-9-5-6-11(14)7-10(9)8-15-12(16)17-13(2,3)4;1-8-15-9-4-2-3-5-10(9)17(8)12-7-14-6-11(13)16-12;1-9(2,3)14-7(11)13-8(12)15-10(4,5)6;1-6-2-3-8(9)4-7(6)5-10/h4-12H,3H2,1-2H3,(H,27,28);2-8,10-11H,9,24H2,1H3,(H,27,28);5-7H,8H2,1-4H3,(H,15,16);2-7H,1H3,(H2,13,16);1-6H3;2-4H,5,10H2,1H3. The molecule has 0 spiro atoms. The van der Waals surface area contributed by atoms with Gasteiger partial charge in [-0.2, -0.15) is 26.3 Å². The van der Waals surface area contributed by atoms with E-state index >= 15 is 0 Å². The Hall–Kier alpha value is -12.3. The van der Waals surface area contributed by atoms with Gasteiger partial charge in [0, 0.05) is 41.1 Å². The molecule has 33 heteroatoms. The second kappa shape index (κ2) is 39.3. The number of nitrogens with zero attached hydrogens (tertiary/aromatic N) is 12. The highest BCUT2D eigenvalue weighted by Gasteiger charge is 2.34. The van der Waals surface area contributed by atoms with Gasteiger partial charge in [-0.05, 0) is 234 Å². The minimum absolute atomic E-state index is 0.00284. The van der Waals surface area contributed by atoms with E-state index < -0.39 is 58.7 Å². The van der Waals surface area contributed by atoms with Crippen LogP contribution < -0.4 is 33.2 Å². The van der Waals surface area contributed by atoms with Crippen molar-refractivity contribution < 1.29 is 59.7 Å². The first-order chi connectivity index (χ1) is 55.0. The second-order valence-electron chi connectivity index (χ2n) is 29.1. The molecule has 13 aromatic rings. The predicted octanol–water partition coefficient (Wildman–Crippen LogP) is 20.2. The summed E-state index contributed by atoms with van der Waals surface area (Å²) >= 11 is 11.6. The van der Waals surface area contributed by atoms with Crippen LogP contribution >= 0.6 is 23.2 Å². The van der Waals surface area contributed by atoms with Crippen LogP contribution in [0, 0.1) is 34.6 Å². The second-order valence-corrected chi connectivity index (χ2v) is 29.9. The molecule has 0 saturated heterocycles. The first-order valence-electron chi connectivity index (χ1n) is 36.5. The van der Waals surface area contributed by atoms with E-state index in [0.717, 1.165) is 84.4 Å². The number of imidazole rings is 3. The molecule has 1 amide bonds. The fourth-order valence-corrected chi connectivity index (χ4v) is 11.7. The largest absolute Gasteiger partial charge is 0.519 e. The molecule has 0 atom stereocenters. The molecule has 7 aromatic carbocycles. The average Bonchev–Trinajstić information content (AvgIpc) is 1.66. The Morgan fingerprint density at radius 1 is 0.436 bits per heavy atom. The highest BCUT2D eigenvalue weighted by Crippen LogP contribution is 2.36. The summed E-state index contributed by atoms with van der Waals surface area (Å²) in [6.07, 6.45) is -1.63. The lowest BCUT2D eigenvalue weighted by Crippen LogP contribution is -2.32. The van der Waals surface area contributed by atoms with E-state index in [1.165, 1.54) is 48.4 Å². The normalized spacial score (nSPS) is 11.4. The first kappa shape index (κ1) is 90.2. The zero-order valence-corrected chi connectivity index (χ0v) is 68.6. The number of nitrogens with one attached hydrogen (secondary N) is 3. The van der Waals surface area contributed by atoms with Gasteiger partial charge in [-0.25, -0.2) is 44.3 Å². The molecule has 6 aromatic heterocycles. The Bertz CT molecular complexity index is 5390. The quantitative estimate of drug-likeness (QED) is 0.0286. The third-order valence-corrected chi connectivity index (χ3v) is 16.8. The van der Waals surface area contributed by atoms with Gasteiger partial charge in [-0.15, -0.1) is 0 Å². The number of benzene rings is 7. The number of anilines is 5. The Balaban J connectivity index is 0.000000182. The maximum Gasteiger partial charge on any atom is 0.519 e. The summed E-state index contributed by atoms with van der Waals surface area (Å²) in [7, 11) is 0. The highest BCUT2D eigenvalue weighted by atomic mass is 35.5. The van der Waals surface area contributed by atoms with Crippen molar-refractivity contribution in [1.82, 2.24) is 63.9 Å². The summed E-state index contributed by atoms with van der Waals surface area (Å²) in [6.45, 7) is 27.6. The van der Waals surface area contributed by atoms with E-state index in [2.05, 4.69) is 65.5 Å². The van der Waals surface area contributed by atoms with Crippen LogP contribution in [0.4, 0.5) is 69.6 Å². The van der Waals surface area contributed by atoms with Gasteiger partial charge in [0.05, 0.1) is 81.4 Å². The maximum atomic E-state index is 13.1. The van der Waals surface area contributed by atoms with E-state index in [0.29, 0.717) is 64.4 Å². The van der Waals surface area contributed by atoms with Crippen LogP contribution in [0.25, 0.3) is 50.6 Å². The number of carbonyl (C=O) groups is 3. The fraction of sp³-hybridized carbons (Fsp3) is 0.286. The van der Waals surface area contributed by atoms with Gasteiger partial charge in [-0.1, -0.05) is 78.7 Å². The Morgan fingerprint density at radius 3 is 1.18 bits per heavy atom. The molecule has 6 heterocycles. The summed E-state index contributed by atoms with van der Waals surface area (Å²) < 4.78 is 103. The zero-order chi connectivity index (χ0) is 85.9. The molecule has 0 aliphatic carbocycles. The third-order valence-electron chi connectivity index (χ3n) is 16.3. The maximum absolute atomic E-state index is 13.1. The van der Waals surface area contributed by atoms with Crippen molar-refractivity contribution in [2.24, 2.45) is 11.5 Å². The molecule has 13 rings (SSSR count). The average molecular weight is 1650 g/mol. The minimum Gasteiger partial charge on any atom is -0.444 e. The summed E-state index contributed by atoms with van der Waals surface area (Å²) in [5.74, 6) is 5.42. The van der Waals surface area contributed by atoms with Crippen molar-refractivity contribution in [3.63, 3.8) is 0 Å². The van der Waals surface area contributed by atoms with Gasteiger partial charge in [0.1, 0.15) is 40.1 Å². The molecule has 0 saturated carbocycles. The van der Waals surface area contributed by atoms with Crippen molar-refractivity contribution in [1.29, 1.82) is 0 Å². The van der Waals surface area contributed by atoms with Crippen molar-refractivity contribution >= 4 is 104 Å². The SMILES string of the molecule is CC(C)(C)OC(=O)OC(=O)OC(C)(C)C.CCc1cc(Nc2cncc(-n3c(C)nc4ccccc43)n2)ccc1C(F)(F)F.Cc1ccc(Cl)cc1CN.Cc1ccc(Cl)cc1CNC(=O)OC(C)(C)C.Cc1nc2ccccc2n1-c1cncc(N)n1.Cc1nc2ccccc2n1-c1cncc(Nc2ccc(C(F)(F)F)c(CN)c2)n1. The number of ether oxygens (including phenoxy) is 4. The Kier molecular flexibility index (Phi) is 30.3. The highest BCUT2D eigenvalue weighted by molar-refractivity contribution is 6.31. The zero-order valence-electron chi connectivity index (χ0n) is 67.1. The van der Waals surface area contributed by atoms with Crippen molar-refractivity contribution in [2.75, 3.05) is 16.4 Å². The first-order valence-corrected chi connectivity index (χ1v) is 37.3. The lowest BCUT2D eigenvalue weighted by Gasteiger charge is -2.20. The molecular formula is C84H92Cl2F6N18O7. The van der Waals surface area contributed by atoms with Crippen LogP contribution in [-0.2, 0) is 57.4 Å². The van der Waals surface area contributed by atoms with Crippen LogP contribution in [0.15, 0.2) is 183 Å². The molecule has 9 N–H and O–H groups in total. The number of hydrogen-bond acceptors (Lipinski definition) is 21. The number of fused-ring (bicyclic) bond motifs is 3. The fourth-order valence-electron chi connectivity index (χ4n) is 11.3. The van der Waals surface area contributed by atoms with Crippen LogP contribution in [0.2, 0.25) is 10.0 Å². The van der Waals surface area contributed by atoms with Crippen LogP contribution in [0.3, 0.4) is 0 Å². The van der Waals surface area contributed by atoms with Gasteiger partial charge in [0.2, 0.25) is 0 Å². The molecule has 25 nitrogen and oxygen atoms in total. The predicted molar refractivity (Wildman–Crippen MR) is 442 cm³/mol. The lowest BCUT2D eigenvalue weighted by atomic mass is 10.0. The molecule has 0 bridgehead atoms. The smallest absolute Gasteiger partial charge is 0.444 e. The van der Waals surface area contributed by atoms with Crippen molar-refractivity contribution in [3.05, 3.63) is 255 Å². The van der Waals surface area contributed by atoms with Crippen LogP contribution in [0.1, 0.15) is 131 Å². The van der Waals surface area contributed by atoms with E-state index in [9.17, 15) is 40.7 Å². The van der Waals surface area contributed by atoms with Crippen LogP contribution in [0.5, 0.6) is 0 Å². The Labute approximate surface area is 682 Å². The number of para-hydroxylation sites is 6. The van der Waals surface area contributed by atoms with Gasteiger partial charge < -0.3 is 52.1 Å². The third kappa shape index (κ3) is 26.6. The molecule has 0 fully saturated rings. The van der Waals surface area contributed by atoms with E-state index in [1.807, 2.05) is 178 Å². The number of hydrogen-bond donors (Lipinski definition) is 6. The lowest BCUT2D eigenvalue weighted by molar-refractivity contribution is -0.139. The number of rotatable bonds is 12. The summed E-state index contributed by atoms with van der Waals surface area (Å²) in [5, 5.41) is 10.2. The molecule has 0 aliphatic heterocycles. The summed E-state index contributed by atoms with van der Waals surface area (Å²) in [6, 6.07) is 42.3. The number of alkyl carbamates (subject to hydrolysis) is 1. The number of aromatic nitrogens is 12. The van der Waals surface area contributed by atoms with Crippen molar-refractivity contribution in [3.8, 4) is 17.5 Å². The minimum atomic E-state index is -4.45. The van der Waals surface area contributed by atoms with Gasteiger partial charge in [0.15, 0.2) is 29.1 Å². The number of alkyl halides is 6. The molecule has 0 aliphatic rings. The number of amides is 1. The number of nitrogen functional groups attached to an aromatic ring is 1. The number of carbonyl (C=O) groups excluding carboxylic acids is 3. The van der Waals surface area contributed by atoms with Crippen molar-refractivity contribution in [2.45, 2.75) is 159 Å². The number of halogens is 8. The van der Waals surface area contributed by atoms with Gasteiger partial charge in [0.25, 0.3) is 0 Å². The van der Waals surface area contributed by atoms with Gasteiger partial charge in [-0.3, -0.25) is 28.7 Å². The molecule has 117 heavy (non-hydrogen) atoms. The van der Waals surface area contributed by atoms with E-state index in [4.69, 9.17) is 54.6 Å². The van der Waals surface area contributed by atoms with E-state index in [1.54, 1.807) is 67.1 Å². The number of aryl methyl sites for hydroxylation is 6. The summed E-state index contributed by atoms with van der Waals surface area (Å²) in [4.78, 5) is 72.9. The van der Waals surface area contributed by atoms with Crippen LogP contribution in [-0.4, -0.2) is 93.8 Å². The van der Waals surface area contributed by atoms with E-state index in [-0.39, 0.29) is 24.1 Å². The molecule has 616 valence electrons. The monoisotopic (exact) mass is 1650 g/mol.